The summed E-state index contributed by atoms with van der Waals surface area (Å²) in [6.45, 7) is 39.7. The van der Waals surface area contributed by atoms with Crippen LogP contribution in [-0.4, -0.2) is 280 Å². The summed E-state index contributed by atoms with van der Waals surface area (Å²) >= 11 is 0. The lowest BCUT2D eigenvalue weighted by atomic mass is 9.91. The van der Waals surface area contributed by atoms with Crippen LogP contribution in [0.5, 0.6) is 0 Å². The maximum Gasteiger partial charge on any atom is 0.246 e. The largest absolute Gasteiger partial charge is 0.412 e. The van der Waals surface area contributed by atoms with Gasteiger partial charge in [-0.25, -0.2) is 0 Å². The van der Waals surface area contributed by atoms with Gasteiger partial charge in [0.2, 0.25) is 65.0 Å². The second-order valence-corrected chi connectivity index (χ2v) is 35.2. The third-order valence-electron chi connectivity index (χ3n) is 19.0. The van der Waals surface area contributed by atoms with Crippen LogP contribution in [0.1, 0.15) is 163 Å². The molecule has 0 aromatic carbocycles. The second kappa shape index (κ2) is 41.2. The van der Waals surface area contributed by atoms with Crippen LogP contribution in [-0.2, 0) is 66.6 Å². The number of carbonyl (C=O) groups excluding carboxylic acids is 11. The number of morpholine rings is 1. The van der Waals surface area contributed by atoms with Crippen molar-refractivity contribution in [3.8, 4) is 0 Å². The Morgan fingerprint density at radius 2 is 0.980 bits per heavy atom. The molecular formula is C72H132N12O14Si. The zero-order valence-electron chi connectivity index (χ0n) is 65.6. The number of allylic oxidation sites excluding steroid dienone is 2. The van der Waals surface area contributed by atoms with Gasteiger partial charge in [0, 0.05) is 69.0 Å². The van der Waals surface area contributed by atoms with Crippen molar-refractivity contribution in [2.45, 2.75) is 261 Å². The SMILES string of the molecule is C/C=C/C[C@@H](C)[C@@H](O[Si](C)(C)C)[C@H]1C(=O)NC(CC)C(=O)N(C)[C@H](C)C(=O)N(C)C([C@@H](C)OCCCCN2CCOCC2)C(=O)N[C@@H](C(C)C)C(=O)N(C)[C@@H](CC(C)C)C(=O)NC(C)C(=O)N[C@H](C)C(=O)N(C)[C@@H](CC(C)C)C(=O)N(C)[C@@H](CC(C)C)C(=O)N(C)[C@@H](C(C)C)C(=O)N1C. The van der Waals surface area contributed by atoms with Gasteiger partial charge in [-0.05, 0) is 141 Å². The number of nitrogens with one attached hydrogen (secondary N) is 4. The van der Waals surface area contributed by atoms with E-state index < -0.39 is 170 Å². The summed E-state index contributed by atoms with van der Waals surface area (Å²) in [5.41, 5.74) is 0. The smallest absolute Gasteiger partial charge is 0.246 e. The van der Waals surface area contributed by atoms with Gasteiger partial charge in [-0.1, -0.05) is 95.2 Å². The van der Waals surface area contributed by atoms with Crippen LogP contribution in [0, 0.1) is 35.5 Å². The molecule has 2 saturated heterocycles. The molecule has 2 fully saturated rings. The van der Waals surface area contributed by atoms with Crippen molar-refractivity contribution in [1.82, 2.24) is 60.5 Å². The highest BCUT2D eigenvalue weighted by atomic mass is 28.4. The third-order valence-corrected chi connectivity index (χ3v) is 20.0. The number of nitrogens with zero attached hydrogens (tertiary/aromatic N) is 8. The lowest BCUT2D eigenvalue weighted by Crippen LogP contribution is -2.65. The molecular weight excluding hydrogens is 1280 g/mol. The number of ether oxygens (including phenoxy) is 2. The standard InChI is InChI=1S/C72H132N12O14Si/c1-28-30-33-48(13)61(98-99(25,26)27)60-65(88)75-53(29-2)68(91)77(18)51(16)67(90)82(23)59(52(17)97-37-32-31-34-84-35-38-96-39-36-84)64(87)76-57(46(9)10)71(94)78(19)54(40-43(3)4)63(86)73-49(14)62(85)74-50(15)66(89)79(20)55(41-44(5)6)69(92)80(21)56(42-45(7)8)70(93)81(22)58(47(11)12)72(95)83(60)24/h28,30,43-61H,29,31-42H2,1-27H3,(H,73,86)(H,74,85)(H,75,88)(H,76,87)/b30-28+/t48-,49?,50-,51-,52-,53?,54+,55+,56+,57+,58+,59?,60+,61-/m1/s1. The molecule has 2 aliphatic heterocycles. The summed E-state index contributed by atoms with van der Waals surface area (Å²) in [6, 6.07) is -13.8. The van der Waals surface area contributed by atoms with E-state index >= 15 is 33.6 Å². The molecule has 3 unspecified atom stereocenters. The van der Waals surface area contributed by atoms with E-state index in [1.54, 1.807) is 41.5 Å². The Kier molecular flexibility index (Phi) is 37.0. The molecule has 27 heteroatoms. The number of rotatable bonds is 22. The summed E-state index contributed by atoms with van der Waals surface area (Å²) in [5, 5.41) is 11.3. The van der Waals surface area contributed by atoms with Crippen molar-refractivity contribution in [3.63, 3.8) is 0 Å². The summed E-state index contributed by atoms with van der Waals surface area (Å²) in [5.74, 6) is -9.27. The van der Waals surface area contributed by atoms with Gasteiger partial charge in [0.25, 0.3) is 0 Å². The molecule has 2 aliphatic rings. The Hall–Kier alpha value is -6.03. The Bertz CT molecular complexity index is 2700. The molecule has 568 valence electrons. The molecule has 2 heterocycles. The zero-order chi connectivity index (χ0) is 76.0. The lowest BCUT2D eigenvalue weighted by Gasteiger charge is -2.43. The number of unbranched alkanes of at least 4 members (excludes halogenated alkanes) is 1. The average Bonchev–Trinajstić information content (AvgIpc) is 0.801. The van der Waals surface area contributed by atoms with Gasteiger partial charge >= 0.3 is 0 Å². The number of hydrogen-bond donors (Lipinski definition) is 4. The molecule has 0 aromatic heterocycles. The highest BCUT2D eigenvalue weighted by Crippen LogP contribution is 2.29. The monoisotopic (exact) mass is 1420 g/mol. The molecule has 0 radical (unpaired) electrons. The van der Waals surface area contributed by atoms with E-state index in [4.69, 9.17) is 13.9 Å². The molecule has 2 rings (SSSR count). The summed E-state index contributed by atoms with van der Waals surface area (Å²) in [4.78, 5) is 177. The number of likely N-dealkylation sites (N-methyl/N-ethyl adjacent to an activating group) is 7. The minimum Gasteiger partial charge on any atom is -0.412 e. The maximum absolute atomic E-state index is 15.7. The first-order chi connectivity index (χ1) is 45.9. The van der Waals surface area contributed by atoms with Crippen LogP contribution in [0.15, 0.2) is 12.2 Å². The summed E-state index contributed by atoms with van der Waals surface area (Å²) in [6.07, 6.45) is 4.23. The van der Waals surface area contributed by atoms with E-state index in [1.165, 1.54) is 104 Å². The van der Waals surface area contributed by atoms with Crippen molar-refractivity contribution in [3.05, 3.63) is 12.2 Å². The predicted molar refractivity (Wildman–Crippen MR) is 388 cm³/mol. The molecule has 99 heavy (non-hydrogen) atoms. The van der Waals surface area contributed by atoms with Crippen LogP contribution < -0.4 is 21.3 Å². The van der Waals surface area contributed by atoms with E-state index in [0.717, 1.165) is 26.1 Å². The Labute approximate surface area is 595 Å². The van der Waals surface area contributed by atoms with E-state index in [-0.39, 0.29) is 50.0 Å². The van der Waals surface area contributed by atoms with Gasteiger partial charge in [-0.2, -0.15) is 0 Å². The number of amides is 11. The molecule has 4 N–H and O–H groups in total. The van der Waals surface area contributed by atoms with E-state index in [0.29, 0.717) is 26.1 Å². The minimum absolute atomic E-state index is 0.0360. The third kappa shape index (κ3) is 26.1. The molecule has 0 aromatic rings. The van der Waals surface area contributed by atoms with Gasteiger partial charge in [-0.15, -0.1) is 0 Å². The number of hydrogen-bond acceptors (Lipinski definition) is 15. The molecule has 0 aliphatic carbocycles. The molecule has 0 spiro atoms. The highest BCUT2D eigenvalue weighted by Gasteiger charge is 2.48. The Morgan fingerprint density at radius 1 is 0.505 bits per heavy atom. The van der Waals surface area contributed by atoms with Crippen molar-refractivity contribution in [2.24, 2.45) is 35.5 Å². The summed E-state index contributed by atoms with van der Waals surface area (Å²) < 4.78 is 18.9. The average molecular weight is 1420 g/mol. The fourth-order valence-corrected chi connectivity index (χ4v) is 14.1. The van der Waals surface area contributed by atoms with Crippen LogP contribution in [0.3, 0.4) is 0 Å². The van der Waals surface area contributed by atoms with E-state index in [9.17, 15) is 19.2 Å². The normalized spacial score (nSPS) is 27.1. The molecule has 26 nitrogen and oxygen atoms in total. The van der Waals surface area contributed by atoms with Crippen LogP contribution in [0.4, 0.5) is 0 Å². The van der Waals surface area contributed by atoms with Gasteiger partial charge in [0.1, 0.15) is 66.5 Å². The minimum atomic E-state index is -2.60. The fourth-order valence-electron chi connectivity index (χ4n) is 12.9. The van der Waals surface area contributed by atoms with Crippen LogP contribution in [0.25, 0.3) is 0 Å². The fraction of sp³-hybridized carbons (Fsp3) is 0.819. The van der Waals surface area contributed by atoms with Gasteiger partial charge in [0.15, 0.2) is 8.32 Å². The number of carbonyl (C=O) groups is 11. The van der Waals surface area contributed by atoms with Crippen molar-refractivity contribution < 1.29 is 66.6 Å². The Balaban J connectivity index is 3.10. The first kappa shape index (κ1) is 89.1. The molecule has 14 atom stereocenters. The van der Waals surface area contributed by atoms with Crippen molar-refractivity contribution >= 4 is 73.3 Å². The first-order valence-corrected chi connectivity index (χ1v) is 39.6. The first-order valence-electron chi connectivity index (χ1n) is 36.2. The maximum atomic E-state index is 15.7. The van der Waals surface area contributed by atoms with Gasteiger partial charge in [-0.3, -0.25) is 57.6 Å². The quantitative estimate of drug-likeness (QED) is 0.0631. The van der Waals surface area contributed by atoms with Gasteiger partial charge < -0.3 is 69.5 Å². The van der Waals surface area contributed by atoms with Crippen LogP contribution >= 0.6 is 0 Å². The Morgan fingerprint density at radius 3 is 1.47 bits per heavy atom. The van der Waals surface area contributed by atoms with Crippen molar-refractivity contribution in [1.29, 1.82) is 0 Å². The highest BCUT2D eigenvalue weighted by molar-refractivity contribution is 6.69. The van der Waals surface area contributed by atoms with E-state index in [1.807, 2.05) is 87.2 Å². The zero-order valence-corrected chi connectivity index (χ0v) is 66.6. The lowest BCUT2D eigenvalue weighted by molar-refractivity contribution is -0.157. The second-order valence-electron chi connectivity index (χ2n) is 30.7. The predicted octanol–water partition coefficient (Wildman–Crippen LogP) is 4.99. The molecule has 0 bridgehead atoms. The van der Waals surface area contributed by atoms with E-state index in [2.05, 4.69) is 26.2 Å². The molecule has 11 amide bonds. The topological polar surface area (TPSA) is 290 Å². The molecule has 0 saturated carbocycles. The van der Waals surface area contributed by atoms with Crippen LogP contribution in [0.2, 0.25) is 19.6 Å². The van der Waals surface area contributed by atoms with Crippen molar-refractivity contribution in [2.75, 3.05) is 88.8 Å². The van der Waals surface area contributed by atoms with Gasteiger partial charge in [0.05, 0.1) is 25.4 Å². The summed E-state index contributed by atoms with van der Waals surface area (Å²) in [7, 11) is 7.63.